The van der Waals surface area contributed by atoms with Crippen molar-refractivity contribution in [2.24, 2.45) is 40.4 Å². The molecule has 4 fully saturated rings. The molecule has 5 rings (SSSR count). The highest BCUT2D eigenvalue weighted by molar-refractivity contribution is 6.30. The first kappa shape index (κ1) is 23.1. The Morgan fingerprint density at radius 3 is 2.59 bits per heavy atom. The number of aliphatic hydroxyl groups excluding tert-OH is 1. The van der Waals surface area contributed by atoms with Crippen LogP contribution in [0.5, 0.6) is 0 Å². The number of fused-ring (bicyclic) bond motifs is 5. The second-order valence-electron chi connectivity index (χ2n) is 12.6. The average molecular weight is 460 g/mol. The molecule has 3 nitrogen and oxygen atoms in total. The highest BCUT2D eigenvalue weighted by Gasteiger charge is 2.62. The van der Waals surface area contributed by atoms with E-state index >= 15 is 0 Å². The summed E-state index contributed by atoms with van der Waals surface area (Å²) < 4.78 is 0. The van der Waals surface area contributed by atoms with Gasteiger partial charge in [-0.3, -0.25) is 0 Å². The summed E-state index contributed by atoms with van der Waals surface area (Å²) in [6.07, 6.45) is 14.0. The van der Waals surface area contributed by atoms with E-state index in [0.29, 0.717) is 22.4 Å². The van der Waals surface area contributed by atoms with Crippen molar-refractivity contribution in [2.45, 2.75) is 103 Å². The Hall–Kier alpha value is -0.640. The Bertz CT molecular complexity index is 842. The van der Waals surface area contributed by atoms with E-state index < -0.39 is 5.60 Å². The summed E-state index contributed by atoms with van der Waals surface area (Å²) >= 11 is 6.30. The zero-order valence-corrected chi connectivity index (χ0v) is 20.9. The lowest BCUT2D eigenvalue weighted by molar-refractivity contribution is -0.144. The van der Waals surface area contributed by atoms with E-state index in [0.717, 1.165) is 55.4 Å². The van der Waals surface area contributed by atoms with Crippen LogP contribution in [0.4, 0.5) is 0 Å². The highest BCUT2D eigenvalue weighted by Crippen LogP contribution is 2.68. The van der Waals surface area contributed by atoms with Gasteiger partial charge in [0.2, 0.25) is 0 Å². The van der Waals surface area contributed by atoms with Crippen molar-refractivity contribution >= 4 is 11.6 Å². The third-order valence-corrected chi connectivity index (χ3v) is 11.5. The van der Waals surface area contributed by atoms with Crippen LogP contribution in [0, 0.1) is 40.4 Å². The summed E-state index contributed by atoms with van der Waals surface area (Å²) in [5.74, 6) is 3.42. The summed E-state index contributed by atoms with van der Waals surface area (Å²) in [7, 11) is 0. The van der Waals surface area contributed by atoms with Crippen LogP contribution < -0.4 is 0 Å². The van der Waals surface area contributed by atoms with E-state index in [4.69, 9.17) is 11.6 Å². The molecule has 32 heavy (non-hydrogen) atoms. The first-order valence-corrected chi connectivity index (χ1v) is 13.5. The predicted octanol–water partition coefficient (Wildman–Crippen LogP) is 6.44. The van der Waals surface area contributed by atoms with Gasteiger partial charge in [0, 0.05) is 6.20 Å². The third-order valence-electron chi connectivity index (χ3n) is 11.1. The fraction of sp³-hybridized carbons (Fsp3) is 0.821. The van der Waals surface area contributed by atoms with Crippen molar-refractivity contribution in [3.63, 3.8) is 0 Å². The van der Waals surface area contributed by atoms with Crippen molar-refractivity contribution in [3.05, 3.63) is 29.0 Å². The standard InChI is InChI=1S/C28H42ClNO2/c1-26-13-11-20(31)17-19(26)6-7-21-22-8-9-24(27(22,2)14-12-23(21)26)28(3,32)15-10-18-5-4-16-30-25(18)29/h4-5,16,19-24,31-32H,6-15,17H2,1-3H3/t19?,20-,21-,22-,23-,24-,26-,27-,28?/m0/s1. The maximum Gasteiger partial charge on any atom is 0.132 e. The van der Waals surface area contributed by atoms with E-state index in [2.05, 4.69) is 25.8 Å². The van der Waals surface area contributed by atoms with Gasteiger partial charge in [-0.15, -0.1) is 0 Å². The molecular formula is C28H42ClNO2. The molecule has 1 heterocycles. The molecule has 4 aliphatic rings. The molecule has 0 amide bonds. The summed E-state index contributed by atoms with van der Waals surface area (Å²) in [5.41, 5.74) is 1.02. The molecule has 1 aromatic rings. The highest BCUT2D eigenvalue weighted by atomic mass is 35.5. The fourth-order valence-corrected chi connectivity index (χ4v) is 9.64. The van der Waals surface area contributed by atoms with Gasteiger partial charge < -0.3 is 10.2 Å². The van der Waals surface area contributed by atoms with Crippen LogP contribution >= 0.6 is 11.6 Å². The second kappa shape index (κ2) is 8.24. The molecule has 0 aromatic carbocycles. The molecular weight excluding hydrogens is 418 g/mol. The fourth-order valence-electron chi connectivity index (χ4n) is 9.42. The Morgan fingerprint density at radius 2 is 1.81 bits per heavy atom. The number of rotatable bonds is 4. The van der Waals surface area contributed by atoms with Crippen molar-refractivity contribution in [2.75, 3.05) is 0 Å². The van der Waals surface area contributed by atoms with E-state index in [9.17, 15) is 10.2 Å². The van der Waals surface area contributed by atoms with Gasteiger partial charge in [-0.2, -0.15) is 0 Å². The van der Waals surface area contributed by atoms with Gasteiger partial charge in [0.15, 0.2) is 0 Å². The molecule has 4 saturated carbocycles. The topological polar surface area (TPSA) is 53.4 Å². The number of aromatic nitrogens is 1. The normalized spacial score (nSPS) is 45.4. The Balaban J connectivity index is 1.33. The van der Waals surface area contributed by atoms with E-state index in [1.807, 2.05) is 12.1 Å². The Labute approximate surface area is 199 Å². The van der Waals surface area contributed by atoms with Gasteiger partial charge in [-0.25, -0.2) is 4.98 Å². The van der Waals surface area contributed by atoms with Gasteiger partial charge in [0.25, 0.3) is 0 Å². The van der Waals surface area contributed by atoms with Gasteiger partial charge >= 0.3 is 0 Å². The molecule has 0 radical (unpaired) electrons. The number of hydrogen-bond acceptors (Lipinski definition) is 3. The zero-order valence-electron chi connectivity index (χ0n) is 20.2. The molecule has 4 heteroatoms. The number of aliphatic hydroxyl groups is 2. The Kier molecular flexibility index (Phi) is 5.95. The maximum absolute atomic E-state index is 11.7. The summed E-state index contributed by atoms with van der Waals surface area (Å²) in [5, 5.41) is 22.6. The van der Waals surface area contributed by atoms with Crippen LogP contribution in [0.25, 0.3) is 0 Å². The van der Waals surface area contributed by atoms with E-state index in [1.165, 1.54) is 38.5 Å². The van der Waals surface area contributed by atoms with E-state index in [1.54, 1.807) is 6.20 Å². The van der Waals surface area contributed by atoms with Crippen LogP contribution in [0.2, 0.25) is 5.15 Å². The number of hydrogen-bond donors (Lipinski definition) is 2. The first-order chi connectivity index (χ1) is 15.1. The van der Waals surface area contributed by atoms with Crippen LogP contribution in [0.1, 0.15) is 90.5 Å². The van der Waals surface area contributed by atoms with Crippen molar-refractivity contribution < 1.29 is 10.2 Å². The van der Waals surface area contributed by atoms with Crippen molar-refractivity contribution in [1.29, 1.82) is 0 Å². The second-order valence-corrected chi connectivity index (χ2v) is 12.9. The molecule has 178 valence electrons. The van der Waals surface area contributed by atoms with Crippen molar-refractivity contribution in [3.8, 4) is 0 Å². The van der Waals surface area contributed by atoms with Gasteiger partial charge in [-0.05, 0) is 130 Å². The summed E-state index contributed by atoms with van der Waals surface area (Å²) in [4.78, 5) is 4.21. The van der Waals surface area contributed by atoms with Crippen LogP contribution in [-0.4, -0.2) is 26.9 Å². The Morgan fingerprint density at radius 1 is 1.06 bits per heavy atom. The lowest BCUT2D eigenvalue weighted by atomic mass is 9.44. The minimum atomic E-state index is -0.675. The van der Waals surface area contributed by atoms with Crippen LogP contribution in [0.15, 0.2) is 18.3 Å². The number of halogens is 1. The summed E-state index contributed by atoms with van der Waals surface area (Å²) in [6, 6.07) is 3.97. The van der Waals surface area contributed by atoms with E-state index in [-0.39, 0.29) is 11.5 Å². The molecule has 0 aliphatic heterocycles. The molecule has 9 atom stereocenters. The number of pyridine rings is 1. The summed E-state index contributed by atoms with van der Waals surface area (Å²) in [6.45, 7) is 7.15. The van der Waals surface area contributed by atoms with Crippen LogP contribution in [0.3, 0.4) is 0 Å². The smallest absolute Gasteiger partial charge is 0.132 e. The molecule has 0 spiro atoms. The lowest BCUT2D eigenvalue weighted by Gasteiger charge is -2.61. The zero-order chi connectivity index (χ0) is 22.7. The number of aryl methyl sites for hydroxylation is 1. The molecule has 1 aromatic heterocycles. The quantitative estimate of drug-likeness (QED) is 0.509. The number of nitrogens with zero attached hydrogens (tertiary/aromatic N) is 1. The molecule has 2 N–H and O–H groups in total. The largest absolute Gasteiger partial charge is 0.393 e. The van der Waals surface area contributed by atoms with Gasteiger partial charge in [0.05, 0.1) is 11.7 Å². The minimum absolute atomic E-state index is 0.0715. The lowest BCUT2D eigenvalue weighted by Crippen LogP contribution is -2.55. The molecule has 0 bridgehead atoms. The SMILES string of the molecule is CC(O)(CCc1cccnc1Cl)[C@H]1CC[C@H]2[C@@H]3CCC4C[C@@H](O)CC[C@]4(C)[C@H]3CC[C@]12C. The van der Waals surface area contributed by atoms with Crippen molar-refractivity contribution in [1.82, 2.24) is 4.98 Å². The van der Waals surface area contributed by atoms with Crippen LogP contribution in [-0.2, 0) is 6.42 Å². The maximum atomic E-state index is 11.7. The third kappa shape index (κ3) is 3.66. The molecule has 4 aliphatic carbocycles. The molecule has 0 saturated heterocycles. The monoisotopic (exact) mass is 459 g/mol. The van der Waals surface area contributed by atoms with Gasteiger partial charge in [0.1, 0.15) is 5.15 Å². The molecule has 2 unspecified atom stereocenters. The predicted molar refractivity (Wildman–Crippen MR) is 129 cm³/mol. The minimum Gasteiger partial charge on any atom is -0.393 e. The van der Waals surface area contributed by atoms with Gasteiger partial charge in [-0.1, -0.05) is 31.5 Å². The average Bonchev–Trinajstić information content (AvgIpc) is 3.12. The first-order valence-electron chi connectivity index (χ1n) is 13.1.